The van der Waals surface area contributed by atoms with Crippen molar-refractivity contribution in [2.45, 2.75) is 39.0 Å². The molecule has 0 saturated carbocycles. The summed E-state index contributed by atoms with van der Waals surface area (Å²) in [6, 6.07) is -1.53. The second-order valence-corrected chi connectivity index (χ2v) is 5.01. The van der Waals surface area contributed by atoms with Crippen LogP contribution in [0.4, 0.5) is 4.79 Å². The average Bonchev–Trinajstić information content (AvgIpc) is 2.56. The average molecular weight is 275 g/mol. The van der Waals surface area contributed by atoms with E-state index in [0.717, 1.165) is 0 Å². The summed E-state index contributed by atoms with van der Waals surface area (Å²) in [7, 11) is 0. The van der Waals surface area contributed by atoms with E-state index < -0.39 is 18.1 Å². The first-order valence-corrected chi connectivity index (χ1v) is 6.58. The molecule has 1 fully saturated rings. The summed E-state index contributed by atoms with van der Waals surface area (Å²) in [4.78, 5) is 33.5. The van der Waals surface area contributed by atoms with Gasteiger partial charge in [0.05, 0.1) is 6.10 Å². The van der Waals surface area contributed by atoms with Crippen LogP contribution in [0.3, 0.4) is 0 Å². The Kier molecular flexibility index (Phi) is 5.42. The molecule has 3 amide bonds. The van der Waals surface area contributed by atoms with Gasteiger partial charge in [-0.2, -0.15) is 0 Å². The van der Waals surface area contributed by atoms with E-state index in [1.54, 1.807) is 20.8 Å². The molecule has 1 unspecified atom stereocenters. The molecule has 102 valence electrons. The maximum absolute atomic E-state index is 11.4. The van der Waals surface area contributed by atoms with Crippen LogP contribution in [0.2, 0.25) is 0 Å². The van der Waals surface area contributed by atoms with Gasteiger partial charge >= 0.3 is 12.0 Å². The van der Waals surface area contributed by atoms with Gasteiger partial charge in [0, 0.05) is 5.75 Å². The van der Waals surface area contributed by atoms with E-state index in [0.29, 0.717) is 5.75 Å². The number of carbonyl (C=O) groups excluding carboxylic acids is 3. The van der Waals surface area contributed by atoms with Gasteiger partial charge in [-0.25, -0.2) is 4.79 Å². The lowest BCUT2D eigenvalue weighted by Gasteiger charge is -2.15. The van der Waals surface area contributed by atoms with E-state index in [-0.39, 0.29) is 18.0 Å². The summed E-state index contributed by atoms with van der Waals surface area (Å²) in [5.41, 5.74) is 0. The zero-order chi connectivity index (χ0) is 13.7. The normalized spacial score (nSPS) is 20.6. The van der Waals surface area contributed by atoms with E-state index in [4.69, 9.17) is 4.74 Å². The molecule has 0 aromatic rings. The molecule has 0 aromatic carbocycles. The lowest BCUT2D eigenvalue weighted by molar-refractivity contribution is -0.148. The summed E-state index contributed by atoms with van der Waals surface area (Å²) in [6.07, 6.45) is -0.161. The molecule has 0 radical (unpaired) electrons. The number of hydrogen-bond donors (Lipinski definition) is 3. The molecule has 1 saturated heterocycles. The predicted octanol–water partition coefficient (Wildman–Crippen LogP) is -0.228. The van der Waals surface area contributed by atoms with Crippen LogP contribution >= 0.6 is 11.9 Å². The Morgan fingerprint density at radius 1 is 1.44 bits per heavy atom. The molecule has 1 aliphatic heterocycles. The molecule has 7 nitrogen and oxygen atoms in total. The Morgan fingerprint density at radius 3 is 2.61 bits per heavy atom. The number of ether oxygens (including phenoxy) is 1. The highest BCUT2D eigenvalue weighted by Crippen LogP contribution is 2.05. The monoisotopic (exact) mass is 275 g/mol. The molecular weight excluding hydrogens is 258 g/mol. The Balaban J connectivity index is 2.23. The van der Waals surface area contributed by atoms with Crippen molar-refractivity contribution in [1.29, 1.82) is 0 Å². The minimum Gasteiger partial charge on any atom is -0.462 e. The van der Waals surface area contributed by atoms with E-state index in [1.807, 2.05) is 0 Å². The van der Waals surface area contributed by atoms with Crippen LogP contribution in [0.1, 0.15) is 20.8 Å². The third kappa shape index (κ3) is 4.53. The molecule has 3 N–H and O–H groups in total. The van der Waals surface area contributed by atoms with E-state index in [2.05, 4.69) is 15.4 Å². The van der Waals surface area contributed by atoms with Gasteiger partial charge in [-0.1, -0.05) is 11.9 Å². The highest BCUT2D eigenvalue weighted by molar-refractivity contribution is 7.97. The van der Waals surface area contributed by atoms with Crippen LogP contribution in [0.25, 0.3) is 0 Å². The van der Waals surface area contributed by atoms with E-state index in [9.17, 15) is 14.4 Å². The number of imide groups is 1. The van der Waals surface area contributed by atoms with Crippen molar-refractivity contribution in [3.8, 4) is 0 Å². The van der Waals surface area contributed by atoms with Crippen LogP contribution in [-0.2, 0) is 14.3 Å². The predicted molar refractivity (Wildman–Crippen MR) is 66.7 cm³/mol. The minimum atomic E-state index is -0.566. The fourth-order valence-corrected chi connectivity index (χ4v) is 2.06. The molecular formula is C10H17N3O4S. The van der Waals surface area contributed by atoms with Gasteiger partial charge in [0.15, 0.2) is 0 Å². The first-order valence-electron chi connectivity index (χ1n) is 5.59. The summed E-state index contributed by atoms with van der Waals surface area (Å²) < 4.78 is 7.87. The van der Waals surface area contributed by atoms with Crippen molar-refractivity contribution >= 4 is 29.9 Å². The highest BCUT2D eigenvalue weighted by Gasteiger charge is 2.29. The quantitative estimate of drug-likeness (QED) is 0.352. The Labute approximate surface area is 110 Å². The number of amides is 3. The number of rotatable bonds is 6. The molecule has 18 heavy (non-hydrogen) atoms. The summed E-state index contributed by atoms with van der Waals surface area (Å²) >= 11 is 1.19. The van der Waals surface area contributed by atoms with Crippen molar-refractivity contribution in [2.75, 3.05) is 5.75 Å². The van der Waals surface area contributed by atoms with Crippen molar-refractivity contribution in [1.82, 2.24) is 15.4 Å². The lowest BCUT2D eigenvalue weighted by atomic mass is 10.3. The van der Waals surface area contributed by atoms with Gasteiger partial charge in [0.1, 0.15) is 12.1 Å². The van der Waals surface area contributed by atoms with Crippen LogP contribution in [0, 0.1) is 0 Å². The third-order valence-electron chi connectivity index (χ3n) is 2.07. The maximum Gasteiger partial charge on any atom is 0.323 e. The van der Waals surface area contributed by atoms with Gasteiger partial charge in [-0.3, -0.25) is 19.6 Å². The van der Waals surface area contributed by atoms with Crippen molar-refractivity contribution in [3.63, 3.8) is 0 Å². The Bertz CT molecular complexity index is 348. The molecule has 0 bridgehead atoms. The molecule has 1 rings (SSSR count). The van der Waals surface area contributed by atoms with Crippen molar-refractivity contribution in [2.24, 2.45) is 0 Å². The Hall–Kier alpha value is -1.28. The molecule has 2 atom stereocenters. The smallest absolute Gasteiger partial charge is 0.323 e. The van der Waals surface area contributed by atoms with Gasteiger partial charge in [-0.05, 0) is 20.8 Å². The fraction of sp³-hybridized carbons (Fsp3) is 0.700. The lowest BCUT2D eigenvalue weighted by Crippen LogP contribution is -2.36. The van der Waals surface area contributed by atoms with E-state index in [1.165, 1.54) is 11.9 Å². The number of hydrogen-bond acceptors (Lipinski definition) is 6. The number of carbonyl (C=O) groups is 3. The van der Waals surface area contributed by atoms with Crippen molar-refractivity contribution in [3.05, 3.63) is 0 Å². The molecule has 0 aromatic heterocycles. The van der Waals surface area contributed by atoms with Gasteiger partial charge in [-0.15, -0.1) is 0 Å². The van der Waals surface area contributed by atoms with Crippen molar-refractivity contribution < 1.29 is 19.1 Å². The number of urea groups is 1. The topological polar surface area (TPSA) is 96.5 Å². The summed E-state index contributed by atoms with van der Waals surface area (Å²) in [6.45, 7) is 5.22. The molecule has 0 spiro atoms. The summed E-state index contributed by atoms with van der Waals surface area (Å²) in [5.74, 6) is -0.360. The maximum atomic E-state index is 11.4. The SMILES string of the molecule is CC(C)OC(=O)[C@@H](C)NSCC1NC(=O)NC1=O. The van der Waals surface area contributed by atoms with Gasteiger partial charge in [0.25, 0.3) is 5.91 Å². The summed E-state index contributed by atoms with van der Waals surface area (Å²) in [5, 5.41) is 4.59. The Morgan fingerprint density at radius 2 is 2.11 bits per heavy atom. The number of esters is 1. The molecule has 8 heteroatoms. The minimum absolute atomic E-state index is 0.161. The second kappa shape index (κ2) is 6.60. The molecule has 0 aliphatic carbocycles. The molecule has 1 heterocycles. The van der Waals surface area contributed by atoms with Gasteiger partial charge < -0.3 is 10.1 Å². The standard InChI is InChI=1S/C10H17N3O4S/c1-5(2)17-9(15)6(3)13-18-4-7-8(14)12-10(16)11-7/h5-7,13H,4H2,1-3H3,(H2,11,12,14,16)/t6-,7?/m1/s1. The van der Waals surface area contributed by atoms with E-state index >= 15 is 0 Å². The van der Waals surface area contributed by atoms with Gasteiger partial charge in [0.2, 0.25) is 0 Å². The largest absolute Gasteiger partial charge is 0.462 e. The number of nitrogens with one attached hydrogen (secondary N) is 3. The zero-order valence-corrected chi connectivity index (χ0v) is 11.3. The third-order valence-corrected chi connectivity index (χ3v) is 3.09. The van der Waals surface area contributed by atoms with Crippen LogP contribution in [0.5, 0.6) is 0 Å². The van der Waals surface area contributed by atoms with Crippen LogP contribution in [-0.4, -0.2) is 41.8 Å². The first-order chi connectivity index (χ1) is 8.40. The fourth-order valence-electron chi connectivity index (χ4n) is 1.22. The zero-order valence-electron chi connectivity index (χ0n) is 10.5. The van der Waals surface area contributed by atoms with Crippen LogP contribution in [0.15, 0.2) is 0 Å². The first kappa shape index (κ1) is 14.8. The highest BCUT2D eigenvalue weighted by atomic mass is 32.2. The second-order valence-electron chi connectivity index (χ2n) is 4.15. The molecule has 1 aliphatic rings. The van der Waals surface area contributed by atoms with Crippen LogP contribution < -0.4 is 15.4 Å².